The second-order valence-corrected chi connectivity index (χ2v) is 4.99. The number of methoxy groups -OCH3 is 2. The zero-order chi connectivity index (χ0) is 15.6. The molecule has 1 atom stereocenters. The Morgan fingerprint density at radius 2 is 1.71 bits per heavy atom. The van der Waals surface area contributed by atoms with Crippen molar-refractivity contribution >= 4 is 11.6 Å². The zero-order valence-corrected chi connectivity index (χ0v) is 12.7. The van der Waals surface area contributed by atoms with Crippen LogP contribution in [0.3, 0.4) is 0 Å². The lowest BCUT2D eigenvalue weighted by molar-refractivity contribution is 0.213. The smallest absolute Gasteiger partial charge is 0.163 e. The van der Waals surface area contributed by atoms with E-state index in [-0.39, 0.29) is 11.3 Å². The molecule has 0 fully saturated rings. The van der Waals surface area contributed by atoms with Gasteiger partial charge in [-0.1, -0.05) is 23.7 Å². The van der Waals surface area contributed by atoms with E-state index in [4.69, 9.17) is 21.1 Å². The van der Waals surface area contributed by atoms with Crippen LogP contribution in [0.5, 0.6) is 11.5 Å². The summed E-state index contributed by atoms with van der Waals surface area (Å²) in [5.74, 6) is 0.0564. The van der Waals surface area contributed by atoms with Gasteiger partial charge in [-0.15, -0.1) is 0 Å². The Morgan fingerprint density at radius 1 is 1.10 bits per heavy atom. The summed E-state index contributed by atoms with van der Waals surface area (Å²) in [5, 5.41) is 11.0. The van der Waals surface area contributed by atoms with Crippen LogP contribution in [0.15, 0.2) is 30.3 Å². The SMILES string of the molecule is COc1cc(F)c(C(O)c2cccc(Cl)c2C)cc1OC. The maximum absolute atomic E-state index is 14.2. The van der Waals surface area contributed by atoms with E-state index in [0.717, 1.165) is 0 Å². The second-order valence-electron chi connectivity index (χ2n) is 4.59. The highest BCUT2D eigenvalue weighted by molar-refractivity contribution is 6.31. The quantitative estimate of drug-likeness (QED) is 0.931. The van der Waals surface area contributed by atoms with Crippen molar-refractivity contribution in [3.63, 3.8) is 0 Å². The Morgan fingerprint density at radius 3 is 2.33 bits per heavy atom. The molecule has 0 aliphatic heterocycles. The fourth-order valence-electron chi connectivity index (χ4n) is 2.17. The fourth-order valence-corrected chi connectivity index (χ4v) is 2.35. The molecular weight excluding hydrogens is 295 g/mol. The van der Waals surface area contributed by atoms with Gasteiger partial charge in [0.25, 0.3) is 0 Å². The minimum atomic E-state index is -1.14. The molecular formula is C16H16ClFO3. The Kier molecular flexibility index (Phi) is 4.70. The summed E-state index contributed by atoms with van der Waals surface area (Å²) in [7, 11) is 2.88. The summed E-state index contributed by atoms with van der Waals surface area (Å²) in [6.07, 6.45) is -1.14. The van der Waals surface area contributed by atoms with Gasteiger partial charge in [0.2, 0.25) is 0 Å². The summed E-state index contributed by atoms with van der Waals surface area (Å²) in [6.45, 7) is 1.78. The van der Waals surface area contributed by atoms with Crippen molar-refractivity contribution < 1.29 is 19.0 Å². The number of aliphatic hydroxyl groups excluding tert-OH is 1. The molecule has 1 N–H and O–H groups in total. The molecule has 0 bridgehead atoms. The van der Waals surface area contributed by atoms with Crippen molar-refractivity contribution in [1.82, 2.24) is 0 Å². The van der Waals surface area contributed by atoms with Crippen LogP contribution in [0.1, 0.15) is 22.8 Å². The molecule has 2 aromatic carbocycles. The van der Waals surface area contributed by atoms with Crippen LogP contribution >= 0.6 is 11.6 Å². The van der Waals surface area contributed by atoms with Gasteiger partial charge >= 0.3 is 0 Å². The highest BCUT2D eigenvalue weighted by Gasteiger charge is 2.21. The molecule has 0 aliphatic rings. The monoisotopic (exact) mass is 310 g/mol. The van der Waals surface area contributed by atoms with Crippen molar-refractivity contribution in [1.29, 1.82) is 0 Å². The van der Waals surface area contributed by atoms with Crippen LogP contribution < -0.4 is 9.47 Å². The van der Waals surface area contributed by atoms with E-state index in [1.807, 2.05) is 0 Å². The number of rotatable bonds is 4. The second kappa shape index (κ2) is 6.33. The molecule has 0 spiro atoms. The molecule has 0 saturated carbocycles. The predicted molar refractivity (Wildman–Crippen MR) is 79.8 cm³/mol. The van der Waals surface area contributed by atoms with E-state index in [2.05, 4.69) is 0 Å². The highest BCUT2D eigenvalue weighted by Crippen LogP contribution is 2.36. The molecule has 0 aromatic heterocycles. The summed E-state index contributed by atoms with van der Waals surface area (Å²) in [6, 6.07) is 7.77. The zero-order valence-electron chi connectivity index (χ0n) is 12.0. The van der Waals surface area contributed by atoms with Crippen LogP contribution in [-0.4, -0.2) is 19.3 Å². The average molecular weight is 311 g/mol. The number of aliphatic hydroxyl groups is 1. The Labute approximate surface area is 127 Å². The van der Waals surface area contributed by atoms with Gasteiger partial charge in [-0.25, -0.2) is 4.39 Å². The van der Waals surface area contributed by atoms with Gasteiger partial charge in [0.15, 0.2) is 11.5 Å². The summed E-state index contributed by atoms with van der Waals surface area (Å²) in [5.41, 5.74) is 1.37. The molecule has 0 amide bonds. The third kappa shape index (κ3) is 2.96. The normalized spacial score (nSPS) is 12.1. The van der Waals surface area contributed by atoms with Gasteiger partial charge in [-0.2, -0.15) is 0 Å². The predicted octanol–water partition coefficient (Wildman–Crippen LogP) is 3.89. The van der Waals surface area contributed by atoms with Gasteiger partial charge < -0.3 is 14.6 Å². The first-order chi connectivity index (χ1) is 9.99. The van der Waals surface area contributed by atoms with Gasteiger partial charge in [0, 0.05) is 16.7 Å². The van der Waals surface area contributed by atoms with Crippen LogP contribution in [0, 0.1) is 12.7 Å². The number of hydrogen-bond donors (Lipinski definition) is 1. The Bertz CT molecular complexity index is 658. The number of halogens is 2. The number of benzene rings is 2. The van der Waals surface area contributed by atoms with E-state index < -0.39 is 11.9 Å². The van der Waals surface area contributed by atoms with Gasteiger partial charge in [0.1, 0.15) is 11.9 Å². The van der Waals surface area contributed by atoms with Crippen LogP contribution in [0.2, 0.25) is 5.02 Å². The van der Waals surface area contributed by atoms with Crippen molar-refractivity contribution in [2.45, 2.75) is 13.0 Å². The lowest BCUT2D eigenvalue weighted by Crippen LogP contribution is -2.06. The van der Waals surface area contributed by atoms with Crippen molar-refractivity contribution in [2.24, 2.45) is 0 Å². The maximum atomic E-state index is 14.2. The number of hydrogen-bond acceptors (Lipinski definition) is 3. The van der Waals surface area contributed by atoms with E-state index in [1.54, 1.807) is 25.1 Å². The standard InChI is InChI=1S/C16H16ClFO3/c1-9-10(5-4-6-12(9)17)16(19)11-7-14(20-2)15(21-3)8-13(11)18/h4-8,16,19H,1-3H3. The molecule has 5 heteroatoms. The minimum Gasteiger partial charge on any atom is -0.493 e. The van der Waals surface area contributed by atoms with E-state index in [9.17, 15) is 9.50 Å². The Hall–Kier alpha value is -1.78. The van der Waals surface area contributed by atoms with Crippen LogP contribution in [0.4, 0.5) is 4.39 Å². The molecule has 112 valence electrons. The third-order valence-corrected chi connectivity index (χ3v) is 3.81. The summed E-state index contributed by atoms with van der Waals surface area (Å²) >= 11 is 6.04. The van der Waals surface area contributed by atoms with Crippen LogP contribution in [0.25, 0.3) is 0 Å². The first kappa shape index (κ1) is 15.6. The molecule has 21 heavy (non-hydrogen) atoms. The topological polar surface area (TPSA) is 38.7 Å². The van der Waals surface area contributed by atoms with E-state index >= 15 is 0 Å². The van der Waals surface area contributed by atoms with Crippen molar-refractivity contribution in [2.75, 3.05) is 14.2 Å². The van der Waals surface area contributed by atoms with E-state index in [0.29, 0.717) is 21.9 Å². The molecule has 0 saturated heterocycles. The highest BCUT2D eigenvalue weighted by atomic mass is 35.5. The summed E-state index contributed by atoms with van der Waals surface area (Å²) < 4.78 is 24.4. The molecule has 3 nitrogen and oxygen atoms in total. The summed E-state index contributed by atoms with van der Waals surface area (Å²) in [4.78, 5) is 0. The third-order valence-electron chi connectivity index (χ3n) is 3.40. The Balaban J connectivity index is 2.53. The lowest BCUT2D eigenvalue weighted by Gasteiger charge is -2.17. The van der Waals surface area contributed by atoms with Gasteiger partial charge in [-0.05, 0) is 30.2 Å². The molecule has 2 rings (SSSR count). The molecule has 0 aliphatic carbocycles. The van der Waals surface area contributed by atoms with Crippen molar-refractivity contribution in [3.05, 3.63) is 57.9 Å². The van der Waals surface area contributed by atoms with E-state index in [1.165, 1.54) is 26.4 Å². The van der Waals surface area contributed by atoms with Gasteiger partial charge in [-0.3, -0.25) is 0 Å². The molecule has 0 heterocycles. The number of ether oxygens (including phenoxy) is 2. The first-order valence-electron chi connectivity index (χ1n) is 6.34. The molecule has 2 aromatic rings. The first-order valence-corrected chi connectivity index (χ1v) is 6.71. The fraction of sp³-hybridized carbons (Fsp3) is 0.250. The minimum absolute atomic E-state index is 0.109. The van der Waals surface area contributed by atoms with Crippen LogP contribution in [-0.2, 0) is 0 Å². The average Bonchev–Trinajstić information content (AvgIpc) is 2.49. The molecule has 1 unspecified atom stereocenters. The van der Waals surface area contributed by atoms with Gasteiger partial charge in [0.05, 0.1) is 14.2 Å². The lowest BCUT2D eigenvalue weighted by atomic mass is 9.96. The largest absolute Gasteiger partial charge is 0.493 e. The maximum Gasteiger partial charge on any atom is 0.163 e. The van der Waals surface area contributed by atoms with Crippen molar-refractivity contribution in [3.8, 4) is 11.5 Å². The molecule has 0 radical (unpaired) electrons.